The Bertz CT molecular complexity index is 1420. The lowest BCUT2D eigenvalue weighted by Gasteiger charge is -2.26. The standard InChI is InChI=1S/C34H58N8O14/c1-16(6-8-26(35)50)31(54)41-28(17(2)45)25(49)12-20(5-4-10-39-34(37)38)32(55)40-22(15-44)23(47)13-21(14-43)33(56)42-29(18(3)46)24(48)11-19(30(36)53)7-9-27(51)52/h16-22,28-29,43-46H,4-15H2,1-3H3,(H2,35,50)(H2,36,53)(H,40,55)(H,41,54)(H,42,56)(H,51,52)(H4,37,38,39)/t16-,17+,18+,19+,20+,21-,22-,28-,29-/m0/s1. The fourth-order valence-corrected chi connectivity index (χ4v) is 5.39. The van der Waals surface area contributed by atoms with Gasteiger partial charge in [-0.2, -0.15) is 0 Å². The maximum atomic E-state index is 13.5. The Hall–Kier alpha value is -5.06. The zero-order chi connectivity index (χ0) is 43.3. The van der Waals surface area contributed by atoms with Gasteiger partial charge in [0.25, 0.3) is 0 Å². The van der Waals surface area contributed by atoms with Crippen LogP contribution < -0.4 is 38.9 Å². The summed E-state index contributed by atoms with van der Waals surface area (Å²) >= 11 is 0. The number of carboxylic acids is 1. The van der Waals surface area contributed by atoms with Gasteiger partial charge in [-0.25, -0.2) is 0 Å². The highest BCUT2D eigenvalue weighted by Crippen LogP contribution is 2.18. The van der Waals surface area contributed by atoms with Gasteiger partial charge in [0.1, 0.15) is 18.1 Å². The summed E-state index contributed by atoms with van der Waals surface area (Å²) in [7, 11) is 0. The van der Waals surface area contributed by atoms with Crippen molar-refractivity contribution >= 4 is 58.8 Å². The van der Waals surface area contributed by atoms with Crippen molar-refractivity contribution in [3.8, 4) is 0 Å². The summed E-state index contributed by atoms with van der Waals surface area (Å²) < 4.78 is 0. The van der Waals surface area contributed by atoms with E-state index in [1.54, 1.807) is 0 Å². The van der Waals surface area contributed by atoms with E-state index < -0.39 is 146 Å². The summed E-state index contributed by atoms with van der Waals surface area (Å²) in [5.41, 5.74) is 21.1. The van der Waals surface area contributed by atoms with Crippen molar-refractivity contribution in [2.75, 3.05) is 19.8 Å². The molecule has 0 saturated heterocycles. The molecule has 0 rings (SSSR count). The van der Waals surface area contributed by atoms with Crippen molar-refractivity contribution in [2.24, 2.45) is 51.6 Å². The number of aliphatic carboxylic acids is 1. The Morgan fingerprint density at radius 3 is 1.55 bits per heavy atom. The molecule has 5 amide bonds. The molecule has 0 aliphatic rings. The molecule has 0 bridgehead atoms. The van der Waals surface area contributed by atoms with E-state index in [1.165, 1.54) is 13.8 Å². The molecule has 56 heavy (non-hydrogen) atoms. The lowest BCUT2D eigenvalue weighted by atomic mass is 9.90. The van der Waals surface area contributed by atoms with Crippen LogP contribution in [0, 0.1) is 23.7 Å². The molecule has 0 aliphatic heterocycles. The Morgan fingerprint density at radius 1 is 0.607 bits per heavy atom. The highest BCUT2D eigenvalue weighted by molar-refractivity contribution is 5.97. The number of hydrogen-bond acceptors (Lipinski definition) is 14. The van der Waals surface area contributed by atoms with E-state index in [2.05, 4.69) is 20.9 Å². The molecule has 0 aromatic carbocycles. The SMILES string of the molecule is C[C@@H](CCC(N)=O)C(=O)N[C@H](C(=O)C[C@@H](CCCN=C(N)N)C(=O)N[C@@H](CO)C(=O)C[C@@H](CO)C(=O)N[C@H](C(=O)C[C@@H](CCC(=O)O)C(N)=O)[C@@H](C)O)[C@@H](C)O. The number of nitrogens with two attached hydrogens (primary N) is 4. The second-order valence-corrected chi connectivity index (χ2v) is 13.7. The number of carbonyl (C=O) groups excluding carboxylic acids is 8. The summed E-state index contributed by atoms with van der Waals surface area (Å²) in [6.45, 7) is 1.93. The second kappa shape index (κ2) is 25.9. The first kappa shape index (κ1) is 50.9. The second-order valence-electron chi connectivity index (χ2n) is 13.7. The molecule has 0 heterocycles. The third kappa shape index (κ3) is 19.5. The number of Topliss-reactive ketones (excluding diaryl/α,β-unsaturated/α-hetero) is 3. The third-order valence-electron chi connectivity index (χ3n) is 8.83. The topological polar surface area (TPSA) is 407 Å². The number of carboxylic acid groups (broad SMARTS) is 1. The normalized spacial score (nSPS) is 15.9. The van der Waals surface area contributed by atoms with Crippen molar-refractivity contribution in [1.82, 2.24) is 16.0 Å². The monoisotopic (exact) mass is 802 g/mol. The minimum atomic E-state index is -1.67. The molecule has 0 aromatic rings. The maximum absolute atomic E-state index is 13.5. The number of nitrogens with zero attached hydrogens (tertiary/aromatic N) is 1. The zero-order valence-electron chi connectivity index (χ0n) is 31.8. The van der Waals surface area contributed by atoms with Crippen LogP contribution in [0.1, 0.15) is 78.6 Å². The van der Waals surface area contributed by atoms with Gasteiger partial charge >= 0.3 is 5.97 Å². The van der Waals surface area contributed by atoms with E-state index >= 15 is 0 Å². The Kier molecular flexibility index (Phi) is 23.6. The Labute approximate surface area is 323 Å². The van der Waals surface area contributed by atoms with Crippen LogP contribution >= 0.6 is 0 Å². The first-order valence-corrected chi connectivity index (χ1v) is 18.0. The maximum Gasteiger partial charge on any atom is 0.303 e. The van der Waals surface area contributed by atoms with E-state index in [0.717, 1.165) is 6.92 Å². The largest absolute Gasteiger partial charge is 0.481 e. The van der Waals surface area contributed by atoms with Crippen LogP contribution in [-0.4, -0.2) is 134 Å². The fourth-order valence-electron chi connectivity index (χ4n) is 5.39. The van der Waals surface area contributed by atoms with Gasteiger partial charge < -0.3 is 64.4 Å². The predicted octanol–water partition coefficient (Wildman–Crippen LogP) is -4.78. The molecule has 0 aliphatic carbocycles. The van der Waals surface area contributed by atoms with Crippen molar-refractivity contribution in [2.45, 2.75) is 109 Å². The van der Waals surface area contributed by atoms with Crippen LogP contribution in [0.3, 0.4) is 0 Å². The molecule has 22 nitrogen and oxygen atoms in total. The molecular weight excluding hydrogens is 744 g/mol. The minimum absolute atomic E-state index is 0.0331. The van der Waals surface area contributed by atoms with Crippen LogP contribution in [-0.2, 0) is 43.2 Å². The van der Waals surface area contributed by atoms with Gasteiger partial charge in [-0.15, -0.1) is 0 Å². The number of rotatable bonds is 30. The highest BCUT2D eigenvalue weighted by atomic mass is 16.4. The van der Waals surface area contributed by atoms with Crippen molar-refractivity contribution in [3.05, 3.63) is 0 Å². The zero-order valence-corrected chi connectivity index (χ0v) is 31.8. The molecule has 9 atom stereocenters. The number of aliphatic hydroxyl groups excluding tert-OH is 4. The van der Waals surface area contributed by atoms with Crippen molar-refractivity contribution in [1.29, 1.82) is 0 Å². The number of hydrogen-bond donors (Lipinski definition) is 12. The first-order valence-electron chi connectivity index (χ1n) is 18.0. The third-order valence-corrected chi connectivity index (χ3v) is 8.83. The minimum Gasteiger partial charge on any atom is -0.481 e. The van der Waals surface area contributed by atoms with Gasteiger partial charge in [-0.3, -0.25) is 48.1 Å². The quantitative estimate of drug-likeness (QED) is 0.0184. The number of amides is 5. The molecule has 22 heteroatoms. The molecule has 0 saturated carbocycles. The fraction of sp³-hybridized carbons (Fsp3) is 0.706. The molecule has 16 N–H and O–H groups in total. The molecule has 318 valence electrons. The van der Waals surface area contributed by atoms with Gasteiger partial charge in [0.05, 0.1) is 31.3 Å². The molecule has 0 unspecified atom stereocenters. The number of carbonyl (C=O) groups is 9. The van der Waals surface area contributed by atoms with Crippen LogP contribution in [0.2, 0.25) is 0 Å². The number of aliphatic hydroxyl groups is 4. The number of primary amides is 2. The first-order chi connectivity index (χ1) is 26.0. The lowest BCUT2D eigenvalue weighted by molar-refractivity contribution is -0.139. The number of ketones is 3. The average Bonchev–Trinajstić information content (AvgIpc) is 3.11. The molecule has 0 spiro atoms. The summed E-state index contributed by atoms with van der Waals surface area (Å²) in [4.78, 5) is 116. The van der Waals surface area contributed by atoms with Gasteiger partial charge in [-0.05, 0) is 39.5 Å². The van der Waals surface area contributed by atoms with Gasteiger partial charge in [-0.1, -0.05) is 6.92 Å². The Balaban J connectivity index is 5.98. The van der Waals surface area contributed by atoms with Gasteiger partial charge in [0, 0.05) is 56.4 Å². The summed E-state index contributed by atoms with van der Waals surface area (Å²) in [6.07, 6.45) is -5.68. The van der Waals surface area contributed by atoms with Crippen LogP contribution in [0.5, 0.6) is 0 Å². The Morgan fingerprint density at radius 2 is 1.11 bits per heavy atom. The average molecular weight is 803 g/mol. The van der Waals surface area contributed by atoms with Crippen LogP contribution in [0.4, 0.5) is 0 Å². The van der Waals surface area contributed by atoms with E-state index in [-0.39, 0.29) is 44.6 Å². The highest BCUT2D eigenvalue weighted by Gasteiger charge is 2.35. The van der Waals surface area contributed by atoms with Crippen LogP contribution in [0.25, 0.3) is 0 Å². The summed E-state index contributed by atoms with van der Waals surface area (Å²) in [6, 6.07) is -4.80. The van der Waals surface area contributed by atoms with E-state index in [9.17, 15) is 63.6 Å². The predicted molar refractivity (Wildman–Crippen MR) is 196 cm³/mol. The summed E-state index contributed by atoms with van der Waals surface area (Å²) in [5.74, 6) is -13.2. The molecule has 0 fully saturated rings. The van der Waals surface area contributed by atoms with Gasteiger partial charge in [0.15, 0.2) is 23.3 Å². The van der Waals surface area contributed by atoms with E-state index in [1.807, 2.05) is 0 Å². The van der Waals surface area contributed by atoms with E-state index in [0.29, 0.717) is 0 Å². The number of nitrogens with one attached hydrogen (secondary N) is 3. The van der Waals surface area contributed by atoms with Crippen LogP contribution in [0.15, 0.2) is 4.99 Å². The molecular formula is C34H58N8O14. The number of guanidine groups is 1. The molecule has 0 aromatic heterocycles. The number of aliphatic imine (C=N–C) groups is 1. The summed E-state index contributed by atoms with van der Waals surface area (Å²) in [5, 5.41) is 56.3. The lowest BCUT2D eigenvalue weighted by Crippen LogP contribution is -2.52. The molecule has 0 radical (unpaired) electrons. The van der Waals surface area contributed by atoms with Crippen molar-refractivity contribution in [3.63, 3.8) is 0 Å². The van der Waals surface area contributed by atoms with E-state index in [4.69, 9.17) is 28.0 Å². The van der Waals surface area contributed by atoms with Crippen molar-refractivity contribution < 1.29 is 68.7 Å². The van der Waals surface area contributed by atoms with Gasteiger partial charge in [0.2, 0.25) is 29.5 Å². The smallest absolute Gasteiger partial charge is 0.303 e.